The zero-order chi connectivity index (χ0) is 26.3. The van der Waals surface area contributed by atoms with Gasteiger partial charge in [-0.1, -0.05) is 91.1 Å². The smallest absolute Gasteiger partial charge is 0.266 e. The van der Waals surface area contributed by atoms with E-state index < -0.39 is 0 Å². The first-order valence-corrected chi connectivity index (χ1v) is 13.8. The van der Waals surface area contributed by atoms with Crippen LogP contribution in [0.25, 0.3) is 22.4 Å². The van der Waals surface area contributed by atoms with Gasteiger partial charge in [0.15, 0.2) is 6.61 Å². The molecule has 1 aliphatic rings. The molecule has 0 unspecified atom stereocenters. The monoisotopic (exact) mass is 522 g/mol. The molecule has 0 atom stereocenters. The number of rotatable bonds is 8. The Balaban J connectivity index is 1.57. The topological polar surface area (TPSA) is 79.4 Å². The Morgan fingerprint density at radius 3 is 2.34 bits per heavy atom. The molecular weight excluding hydrogens is 492 g/mol. The highest BCUT2D eigenvalue weighted by molar-refractivity contribution is 7.12. The van der Waals surface area contributed by atoms with Crippen LogP contribution in [0.3, 0.4) is 0 Å². The van der Waals surface area contributed by atoms with E-state index in [1.807, 2.05) is 73.0 Å². The number of carbonyl (C=O) groups is 1. The van der Waals surface area contributed by atoms with Crippen LogP contribution in [0.5, 0.6) is 0 Å². The maximum Gasteiger partial charge on any atom is 0.266 e. The molecule has 2 aromatic carbocycles. The lowest BCUT2D eigenvalue weighted by Crippen LogP contribution is -2.23. The molecule has 2 heterocycles. The summed E-state index contributed by atoms with van der Waals surface area (Å²) in [5.41, 5.74) is 4.94. The lowest BCUT2D eigenvalue weighted by molar-refractivity contribution is -0.120. The minimum absolute atomic E-state index is 0.179. The van der Waals surface area contributed by atoms with Crippen molar-refractivity contribution >= 4 is 28.8 Å². The molecule has 0 bridgehead atoms. The molecule has 1 N–H and O–H groups in total. The van der Waals surface area contributed by atoms with Crippen LogP contribution in [-0.4, -0.2) is 22.8 Å². The number of nitriles is 1. The Labute approximate surface area is 227 Å². The lowest BCUT2D eigenvalue weighted by Gasteiger charge is -2.28. The molecule has 2 aromatic heterocycles. The van der Waals surface area contributed by atoms with Gasteiger partial charge in [-0.2, -0.15) is 5.26 Å². The first-order valence-electron chi connectivity index (χ1n) is 13.0. The second kappa shape index (κ2) is 11.9. The number of hydrogen-bond donors (Lipinski definition) is 1. The van der Waals surface area contributed by atoms with Crippen molar-refractivity contribution in [2.24, 2.45) is 5.16 Å². The molecule has 1 amide bonds. The largest absolute Gasteiger partial charge is 0.385 e. The van der Waals surface area contributed by atoms with E-state index in [-0.39, 0.29) is 18.6 Å². The van der Waals surface area contributed by atoms with Gasteiger partial charge in [0, 0.05) is 11.6 Å². The fourth-order valence-corrected chi connectivity index (χ4v) is 5.84. The molecule has 4 aromatic rings. The first kappa shape index (κ1) is 25.5. The fraction of sp³-hybridized carbons (Fsp3) is 0.258. The van der Waals surface area contributed by atoms with E-state index >= 15 is 0 Å². The predicted molar refractivity (Wildman–Crippen MR) is 153 cm³/mol. The number of amides is 1. The molecule has 5 rings (SSSR count). The molecule has 1 fully saturated rings. The van der Waals surface area contributed by atoms with Gasteiger partial charge in [0.1, 0.15) is 17.5 Å². The second-order valence-corrected chi connectivity index (χ2v) is 10.4. The van der Waals surface area contributed by atoms with Crippen molar-refractivity contribution in [3.05, 3.63) is 88.6 Å². The van der Waals surface area contributed by atoms with E-state index in [1.54, 1.807) is 11.3 Å². The maximum atomic E-state index is 13.2. The minimum atomic E-state index is -0.349. The van der Waals surface area contributed by atoms with Gasteiger partial charge in [0.25, 0.3) is 5.91 Å². The number of nitrogens with one attached hydrogen (secondary N) is 1. The van der Waals surface area contributed by atoms with E-state index in [2.05, 4.69) is 33.2 Å². The van der Waals surface area contributed by atoms with Crippen LogP contribution in [-0.2, 0) is 9.63 Å². The zero-order valence-electron chi connectivity index (χ0n) is 21.4. The molecule has 1 saturated carbocycles. The van der Waals surface area contributed by atoms with Gasteiger partial charge in [-0.3, -0.25) is 4.79 Å². The summed E-state index contributed by atoms with van der Waals surface area (Å²) in [6, 6.07) is 26.6. The van der Waals surface area contributed by atoms with Crippen LogP contribution in [0.2, 0.25) is 0 Å². The molecule has 6 nitrogen and oxygen atoms in total. The third kappa shape index (κ3) is 5.41. The van der Waals surface area contributed by atoms with Gasteiger partial charge in [-0.15, -0.1) is 11.3 Å². The van der Waals surface area contributed by atoms with E-state index in [1.165, 1.54) is 6.42 Å². The highest BCUT2D eigenvalue weighted by atomic mass is 32.1. The van der Waals surface area contributed by atoms with Crippen molar-refractivity contribution in [3.8, 4) is 28.5 Å². The van der Waals surface area contributed by atoms with E-state index in [0.29, 0.717) is 17.1 Å². The second-order valence-electron chi connectivity index (χ2n) is 9.43. The van der Waals surface area contributed by atoms with Crippen LogP contribution in [0.4, 0.5) is 5.82 Å². The van der Waals surface area contributed by atoms with Crippen LogP contribution in [0, 0.1) is 11.3 Å². The highest BCUT2D eigenvalue weighted by Crippen LogP contribution is 2.46. The minimum Gasteiger partial charge on any atom is -0.385 e. The van der Waals surface area contributed by atoms with Crippen molar-refractivity contribution in [1.82, 2.24) is 4.57 Å². The average molecular weight is 523 g/mol. The number of hydrogen-bond acceptors (Lipinski definition) is 5. The normalized spacial score (nSPS) is 14.2. The third-order valence-corrected chi connectivity index (χ3v) is 7.88. The number of nitrogens with zero attached hydrogens (tertiary/aromatic N) is 3. The van der Waals surface area contributed by atoms with Gasteiger partial charge >= 0.3 is 0 Å². The van der Waals surface area contributed by atoms with Gasteiger partial charge in [0.05, 0.1) is 16.3 Å². The Morgan fingerprint density at radius 1 is 1.03 bits per heavy atom. The number of benzene rings is 2. The lowest BCUT2D eigenvalue weighted by atomic mass is 9.94. The first-order chi connectivity index (χ1) is 18.7. The van der Waals surface area contributed by atoms with Crippen LogP contribution >= 0.6 is 11.3 Å². The van der Waals surface area contributed by atoms with Crippen LogP contribution in [0.15, 0.2) is 83.3 Å². The summed E-state index contributed by atoms with van der Waals surface area (Å²) in [7, 11) is 0. The summed E-state index contributed by atoms with van der Waals surface area (Å²) in [5.74, 6) is 0.183. The van der Waals surface area contributed by atoms with Crippen LogP contribution in [0.1, 0.15) is 55.5 Å². The standard InChI is InChI=1S/C31H30N4O2S/c1-22(27-18-11-19-38-27)34-37-21-28(36)33-31-26(20-32)29(23-12-5-2-6-13-23)30(24-14-7-3-8-15-24)35(31)25-16-9-4-10-17-25/h2-3,5-8,11-15,18-19,25H,4,9-10,16-17,21H2,1H3,(H,33,36)/b34-22-. The average Bonchev–Trinajstić information content (AvgIpc) is 3.61. The van der Waals surface area contributed by atoms with Crippen molar-refractivity contribution in [3.63, 3.8) is 0 Å². The molecule has 0 spiro atoms. The molecule has 0 saturated heterocycles. The van der Waals surface area contributed by atoms with Crippen molar-refractivity contribution in [2.75, 3.05) is 11.9 Å². The SMILES string of the molecule is C/C(=N/OCC(=O)Nc1c(C#N)c(-c2ccccc2)c(-c2ccccc2)n1C1CCCCC1)c1cccs1. The quantitative estimate of drug-likeness (QED) is 0.191. The van der Waals surface area contributed by atoms with E-state index in [4.69, 9.17) is 4.84 Å². The Kier molecular flexibility index (Phi) is 8.01. The predicted octanol–water partition coefficient (Wildman–Crippen LogP) is 7.64. The summed E-state index contributed by atoms with van der Waals surface area (Å²) < 4.78 is 2.20. The molecule has 0 aliphatic heterocycles. The third-order valence-electron chi connectivity index (χ3n) is 6.90. The molecule has 7 heteroatoms. The Hall–Kier alpha value is -4.15. The van der Waals surface area contributed by atoms with Gasteiger partial charge in [-0.05, 0) is 42.3 Å². The number of carbonyl (C=O) groups excluding carboxylic acids is 1. The molecule has 1 aliphatic carbocycles. The van der Waals surface area contributed by atoms with Crippen molar-refractivity contribution < 1.29 is 9.63 Å². The summed E-state index contributed by atoms with van der Waals surface area (Å²) in [6.07, 6.45) is 5.43. The number of aromatic nitrogens is 1. The van der Waals surface area contributed by atoms with Crippen LogP contribution < -0.4 is 5.32 Å². The molecule has 38 heavy (non-hydrogen) atoms. The molecule has 192 valence electrons. The van der Waals surface area contributed by atoms with Crippen molar-refractivity contribution in [1.29, 1.82) is 5.26 Å². The molecular formula is C31H30N4O2S. The fourth-order valence-electron chi connectivity index (χ4n) is 5.18. The van der Waals surface area contributed by atoms with E-state index in [0.717, 1.165) is 52.9 Å². The Morgan fingerprint density at radius 2 is 1.71 bits per heavy atom. The summed E-state index contributed by atoms with van der Waals surface area (Å²) in [5, 5.41) is 19.6. The number of oxime groups is 1. The van der Waals surface area contributed by atoms with Gasteiger partial charge < -0.3 is 14.7 Å². The Bertz CT molecular complexity index is 1450. The van der Waals surface area contributed by atoms with Gasteiger partial charge in [0.2, 0.25) is 0 Å². The summed E-state index contributed by atoms with van der Waals surface area (Å²) in [6.45, 7) is 1.61. The number of anilines is 1. The zero-order valence-corrected chi connectivity index (χ0v) is 22.2. The van der Waals surface area contributed by atoms with Crippen molar-refractivity contribution in [2.45, 2.75) is 45.1 Å². The van der Waals surface area contributed by atoms with E-state index in [9.17, 15) is 10.1 Å². The molecule has 0 radical (unpaired) electrons. The number of thiophene rings is 1. The highest BCUT2D eigenvalue weighted by Gasteiger charge is 2.30. The van der Waals surface area contributed by atoms with Gasteiger partial charge in [-0.25, -0.2) is 0 Å². The summed E-state index contributed by atoms with van der Waals surface area (Å²) in [4.78, 5) is 19.5. The summed E-state index contributed by atoms with van der Waals surface area (Å²) >= 11 is 1.56. The maximum absolute atomic E-state index is 13.2.